The molecule has 8 atom stereocenters. The first-order valence-corrected chi connectivity index (χ1v) is 17.9. The topological polar surface area (TPSA) is 43.7 Å². The van der Waals surface area contributed by atoms with Crippen LogP contribution in [0.4, 0.5) is 26.3 Å². The van der Waals surface area contributed by atoms with Crippen LogP contribution in [-0.2, 0) is 6.42 Å². The highest BCUT2D eigenvalue weighted by molar-refractivity contribution is 9.10. The molecule has 0 unspecified atom stereocenters. The molecule has 1 aliphatic heterocycles. The minimum atomic E-state index is -5.47. The highest BCUT2D eigenvalue weighted by Gasteiger charge is 2.64. The van der Waals surface area contributed by atoms with Gasteiger partial charge in [0, 0.05) is 23.8 Å². The molecular formula is C35H50BrF6NO2. The molecule has 1 aromatic carbocycles. The number of fused-ring (bicyclic) bond motifs is 5. The van der Waals surface area contributed by atoms with E-state index >= 15 is 4.39 Å². The molecule has 0 bridgehead atoms. The number of hydrogen-bond donors (Lipinski definition) is 2. The van der Waals surface area contributed by atoms with Crippen LogP contribution in [-0.4, -0.2) is 58.1 Å². The van der Waals surface area contributed by atoms with E-state index in [1.165, 1.54) is 0 Å². The number of unbranched alkanes of at least 4 members (excludes halogenated alkanes) is 4. The summed E-state index contributed by atoms with van der Waals surface area (Å²) in [7, 11) is 0. The van der Waals surface area contributed by atoms with E-state index in [1.54, 1.807) is 6.07 Å². The summed E-state index contributed by atoms with van der Waals surface area (Å²) in [4.78, 5) is 2.46. The second-order valence-corrected chi connectivity index (χ2v) is 15.9. The molecule has 3 nitrogen and oxygen atoms in total. The maximum atomic E-state index is 16.2. The van der Waals surface area contributed by atoms with Gasteiger partial charge >= 0.3 is 12.1 Å². The Kier molecular flexibility index (Phi) is 10.6. The molecule has 0 aromatic heterocycles. The molecule has 1 aromatic rings. The van der Waals surface area contributed by atoms with Gasteiger partial charge < -0.3 is 15.1 Å². The summed E-state index contributed by atoms with van der Waals surface area (Å²) in [6, 6.07) is 3.95. The number of alkyl halides is 6. The van der Waals surface area contributed by atoms with Gasteiger partial charge in [-0.05, 0) is 135 Å². The molecule has 0 amide bonds. The Morgan fingerprint density at radius 3 is 2.42 bits per heavy atom. The van der Waals surface area contributed by atoms with Crippen molar-refractivity contribution in [2.75, 3.05) is 13.1 Å². The summed E-state index contributed by atoms with van der Waals surface area (Å²) in [5, 5.41) is 21.8. The van der Waals surface area contributed by atoms with Gasteiger partial charge in [-0.3, -0.25) is 0 Å². The monoisotopic (exact) mass is 709 g/mol. The van der Waals surface area contributed by atoms with E-state index in [9.17, 15) is 32.2 Å². The van der Waals surface area contributed by atoms with E-state index in [-0.39, 0.29) is 35.8 Å². The van der Waals surface area contributed by atoms with Crippen molar-refractivity contribution in [1.82, 2.24) is 4.90 Å². The Hall–Kier alpha value is -1.00. The first kappa shape index (κ1) is 35.3. The molecular weight excluding hydrogens is 660 g/mol. The maximum absolute atomic E-state index is 16.2. The zero-order valence-electron chi connectivity index (χ0n) is 26.6. The molecule has 2 N–H and O–H groups in total. The zero-order chi connectivity index (χ0) is 32.8. The van der Waals surface area contributed by atoms with Crippen molar-refractivity contribution in [3.8, 4) is 5.75 Å². The average molecular weight is 711 g/mol. The lowest BCUT2D eigenvalue weighted by Crippen LogP contribution is -2.55. The Morgan fingerprint density at radius 1 is 0.978 bits per heavy atom. The van der Waals surface area contributed by atoms with E-state index in [2.05, 4.69) is 27.8 Å². The van der Waals surface area contributed by atoms with E-state index in [4.69, 9.17) is 0 Å². The van der Waals surface area contributed by atoms with Gasteiger partial charge in [0.05, 0.1) is 10.1 Å². The molecule has 3 aliphatic carbocycles. The number of nitrogens with zero attached hydrogens (tertiary/aromatic N) is 1. The number of rotatable bonds is 12. The second-order valence-electron chi connectivity index (χ2n) is 15.1. The quantitative estimate of drug-likeness (QED) is 0.168. The SMILES string of the molecule is C[C@]12C[C@H](F)[C@@H]3c4ccc(O)c(Br)c4C[C@@H](CCCCCN4CCC[C@H]4CCCCCC(F)(F)C(F)(F)F)[C@H]3[C@@H]1CC[C@@]2(C)O. The van der Waals surface area contributed by atoms with Crippen LogP contribution in [0.25, 0.3) is 0 Å². The largest absolute Gasteiger partial charge is 0.507 e. The Bertz CT molecular complexity index is 1180. The summed E-state index contributed by atoms with van der Waals surface area (Å²) in [6.07, 6.45) is 3.01. The Labute approximate surface area is 272 Å². The molecule has 0 spiro atoms. The predicted octanol–water partition coefficient (Wildman–Crippen LogP) is 10.1. The number of aromatic hydroxyl groups is 1. The minimum absolute atomic E-state index is 0.121. The normalized spacial score (nSPS) is 35.3. The van der Waals surface area contributed by atoms with Crippen molar-refractivity contribution >= 4 is 15.9 Å². The van der Waals surface area contributed by atoms with Gasteiger partial charge in [0.1, 0.15) is 11.9 Å². The number of phenolic OH excluding ortho intramolecular Hbond substituents is 1. The van der Waals surface area contributed by atoms with Crippen LogP contribution < -0.4 is 0 Å². The van der Waals surface area contributed by atoms with Crippen LogP contribution in [0.1, 0.15) is 121 Å². The third-order valence-corrected chi connectivity index (χ3v) is 13.4. The smallest absolute Gasteiger partial charge is 0.453 e. The van der Waals surface area contributed by atoms with Crippen LogP contribution in [0.3, 0.4) is 0 Å². The fraction of sp³-hybridized carbons (Fsp3) is 0.829. The fourth-order valence-corrected chi connectivity index (χ4v) is 10.3. The van der Waals surface area contributed by atoms with Crippen LogP contribution in [0.5, 0.6) is 5.75 Å². The molecule has 1 heterocycles. The fourth-order valence-electron chi connectivity index (χ4n) is 9.77. The van der Waals surface area contributed by atoms with Crippen molar-refractivity contribution in [2.45, 2.75) is 146 Å². The third-order valence-electron chi connectivity index (χ3n) is 12.5. The summed E-state index contributed by atoms with van der Waals surface area (Å²) in [6.45, 7) is 5.93. The van der Waals surface area contributed by atoms with Crippen LogP contribution in [0, 0.1) is 23.2 Å². The summed E-state index contributed by atoms with van der Waals surface area (Å²) >= 11 is 3.60. The molecule has 256 valence electrons. The van der Waals surface area contributed by atoms with Crippen LogP contribution in [0.15, 0.2) is 16.6 Å². The van der Waals surface area contributed by atoms with E-state index < -0.39 is 35.7 Å². The Balaban J connectivity index is 1.14. The van der Waals surface area contributed by atoms with Gasteiger partial charge in [0.2, 0.25) is 0 Å². The minimum Gasteiger partial charge on any atom is -0.507 e. The summed E-state index contributed by atoms with van der Waals surface area (Å²) in [5.41, 5.74) is 0.699. The maximum Gasteiger partial charge on any atom is 0.453 e. The first-order valence-electron chi connectivity index (χ1n) is 17.1. The molecule has 4 aliphatic rings. The number of likely N-dealkylation sites (tertiary alicyclic amines) is 1. The van der Waals surface area contributed by atoms with Gasteiger partial charge in [0.25, 0.3) is 0 Å². The zero-order valence-corrected chi connectivity index (χ0v) is 28.2. The van der Waals surface area contributed by atoms with Crippen molar-refractivity contribution in [2.24, 2.45) is 23.2 Å². The van der Waals surface area contributed by atoms with Crippen molar-refractivity contribution in [3.05, 3.63) is 27.7 Å². The highest BCUT2D eigenvalue weighted by Crippen LogP contribution is 2.66. The summed E-state index contributed by atoms with van der Waals surface area (Å²) < 4.78 is 80.5. The standard InChI is InChI=1S/C35H50BrF6NO2/c1-32-21-27(37)30-24-13-14-28(44)31(36)25(24)20-22(29(30)26(32)15-17-33(32,2)45)10-5-4-8-18-43-19-9-12-23(43)11-6-3-7-16-34(38,39)35(40,41)42/h13-14,22-23,26-27,29-30,44-45H,3-12,15-21H2,1-2H3/t22-,23-,26+,27+,29+,30+,32+,33-/m1/s1. The van der Waals surface area contributed by atoms with Gasteiger partial charge in [-0.1, -0.05) is 38.7 Å². The van der Waals surface area contributed by atoms with Crippen LogP contribution >= 0.6 is 15.9 Å². The number of benzene rings is 1. The molecule has 5 rings (SSSR count). The van der Waals surface area contributed by atoms with Crippen molar-refractivity contribution < 1.29 is 36.6 Å². The van der Waals surface area contributed by atoms with Gasteiger partial charge in [-0.2, -0.15) is 22.0 Å². The van der Waals surface area contributed by atoms with Crippen molar-refractivity contribution in [1.29, 1.82) is 0 Å². The van der Waals surface area contributed by atoms with Crippen molar-refractivity contribution in [3.63, 3.8) is 0 Å². The molecule has 1 saturated heterocycles. The lowest BCUT2D eigenvalue weighted by Gasteiger charge is -2.56. The average Bonchev–Trinajstić information content (AvgIpc) is 3.49. The molecule has 2 saturated carbocycles. The van der Waals surface area contributed by atoms with Gasteiger partial charge in [0.15, 0.2) is 0 Å². The van der Waals surface area contributed by atoms with Gasteiger partial charge in [-0.25, -0.2) is 4.39 Å². The number of hydrogen-bond acceptors (Lipinski definition) is 3. The van der Waals surface area contributed by atoms with E-state index in [1.807, 2.05) is 13.0 Å². The number of halogens is 7. The van der Waals surface area contributed by atoms with E-state index in [0.717, 1.165) is 82.0 Å². The van der Waals surface area contributed by atoms with Gasteiger partial charge in [-0.15, -0.1) is 0 Å². The predicted molar refractivity (Wildman–Crippen MR) is 167 cm³/mol. The van der Waals surface area contributed by atoms with Crippen LogP contribution in [0.2, 0.25) is 0 Å². The highest BCUT2D eigenvalue weighted by atomic mass is 79.9. The lowest BCUT2D eigenvalue weighted by molar-refractivity contribution is -0.284. The summed E-state index contributed by atoms with van der Waals surface area (Å²) in [5.74, 6) is -3.98. The molecule has 10 heteroatoms. The third kappa shape index (κ3) is 6.95. The molecule has 0 radical (unpaired) electrons. The number of phenols is 1. The first-order chi connectivity index (χ1) is 21.1. The second kappa shape index (κ2) is 13.5. The Morgan fingerprint density at radius 2 is 1.69 bits per heavy atom. The van der Waals surface area contributed by atoms with E-state index in [0.29, 0.717) is 36.2 Å². The number of aliphatic hydroxyl groups is 1. The lowest BCUT2D eigenvalue weighted by atomic mass is 9.50. The molecule has 3 fully saturated rings. The molecule has 45 heavy (non-hydrogen) atoms.